The Balaban J connectivity index is 2.17. The van der Waals surface area contributed by atoms with E-state index in [0.29, 0.717) is 19.6 Å². The van der Waals surface area contributed by atoms with Crippen molar-refractivity contribution in [3.63, 3.8) is 0 Å². The molecule has 2 N–H and O–H groups in total. The summed E-state index contributed by atoms with van der Waals surface area (Å²) in [5, 5.41) is 12.7. The van der Waals surface area contributed by atoms with Gasteiger partial charge in [-0.2, -0.15) is 0 Å². The van der Waals surface area contributed by atoms with Gasteiger partial charge in [-0.25, -0.2) is 4.98 Å². The fourth-order valence-electron chi connectivity index (χ4n) is 2.45. The number of ether oxygens (including phenoxy) is 1. The second-order valence-electron chi connectivity index (χ2n) is 5.39. The number of hydrogen-bond acceptors (Lipinski definition) is 4. The number of pyridine rings is 1. The number of methoxy groups -OCH3 is 1. The Bertz CT molecular complexity index is 559. The van der Waals surface area contributed by atoms with Gasteiger partial charge in [-0.05, 0) is 32.4 Å². The van der Waals surface area contributed by atoms with Gasteiger partial charge in [0.1, 0.15) is 5.65 Å². The minimum Gasteiger partial charge on any atom is -0.396 e. The van der Waals surface area contributed by atoms with E-state index in [1.165, 1.54) is 0 Å². The fraction of sp³-hybridized carbons (Fsp3) is 0.533. The van der Waals surface area contributed by atoms with Crippen LogP contribution in [0.1, 0.15) is 24.7 Å². The van der Waals surface area contributed by atoms with Crippen LogP contribution in [0.3, 0.4) is 0 Å². The molecule has 0 spiro atoms. The highest BCUT2D eigenvalue weighted by molar-refractivity contribution is 5.42. The second kappa shape index (κ2) is 6.35. The van der Waals surface area contributed by atoms with E-state index in [-0.39, 0.29) is 12.1 Å². The molecule has 20 heavy (non-hydrogen) atoms. The zero-order valence-electron chi connectivity index (χ0n) is 12.4. The molecule has 0 fully saturated rings. The van der Waals surface area contributed by atoms with Gasteiger partial charge in [-0.3, -0.25) is 0 Å². The highest BCUT2D eigenvalue weighted by Crippen LogP contribution is 2.15. The number of hydrogen-bond donors (Lipinski definition) is 2. The monoisotopic (exact) mass is 277 g/mol. The average molecular weight is 277 g/mol. The van der Waals surface area contributed by atoms with Crippen LogP contribution in [-0.4, -0.2) is 40.4 Å². The Hall–Kier alpha value is -1.43. The molecule has 2 aromatic rings. The maximum atomic E-state index is 9.20. The smallest absolute Gasteiger partial charge is 0.137 e. The summed E-state index contributed by atoms with van der Waals surface area (Å²) < 4.78 is 7.34. The van der Waals surface area contributed by atoms with Crippen molar-refractivity contribution in [2.24, 2.45) is 0 Å². The first-order valence-electron chi connectivity index (χ1n) is 6.87. The minimum absolute atomic E-state index is 0.138. The van der Waals surface area contributed by atoms with Gasteiger partial charge in [0.25, 0.3) is 0 Å². The predicted octanol–water partition coefficient (Wildman–Crippen LogP) is 1.52. The number of rotatable bonds is 7. The second-order valence-corrected chi connectivity index (χ2v) is 5.39. The topological polar surface area (TPSA) is 58.8 Å². The van der Waals surface area contributed by atoms with E-state index in [2.05, 4.69) is 21.6 Å². The van der Waals surface area contributed by atoms with E-state index in [4.69, 9.17) is 4.74 Å². The van der Waals surface area contributed by atoms with Gasteiger partial charge in [0.2, 0.25) is 0 Å². The molecule has 5 nitrogen and oxygen atoms in total. The normalized spacial score (nSPS) is 14.6. The number of aliphatic hydroxyl groups is 1. The molecule has 2 heterocycles. The first kappa shape index (κ1) is 15.0. The van der Waals surface area contributed by atoms with Gasteiger partial charge in [0.15, 0.2) is 0 Å². The molecule has 0 aliphatic carbocycles. The van der Waals surface area contributed by atoms with Crippen molar-refractivity contribution >= 4 is 5.65 Å². The molecule has 0 radical (unpaired) electrons. The maximum Gasteiger partial charge on any atom is 0.137 e. The third-order valence-electron chi connectivity index (χ3n) is 3.64. The zero-order valence-corrected chi connectivity index (χ0v) is 12.4. The number of nitrogens with zero attached hydrogens (tertiary/aromatic N) is 2. The molecule has 0 aliphatic heterocycles. The molecule has 110 valence electrons. The zero-order chi connectivity index (χ0) is 14.6. The van der Waals surface area contributed by atoms with Crippen molar-refractivity contribution in [3.05, 3.63) is 35.8 Å². The predicted molar refractivity (Wildman–Crippen MR) is 78.8 cm³/mol. The highest BCUT2D eigenvalue weighted by atomic mass is 16.5. The van der Waals surface area contributed by atoms with E-state index in [1.54, 1.807) is 7.11 Å². The number of fused-ring (bicyclic) bond motifs is 1. The quantitative estimate of drug-likeness (QED) is 0.805. The van der Waals surface area contributed by atoms with Crippen LogP contribution < -0.4 is 5.32 Å². The summed E-state index contributed by atoms with van der Waals surface area (Å²) in [4.78, 5) is 4.55. The number of aryl methyl sites for hydroxylation is 1. The molecule has 2 rings (SSSR count). The van der Waals surface area contributed by atoms with E-state index >= 15 is 0 Å². The molecule has 0 amide bonds. The lowest BCUT2D eigenvalue weighted by molar-refractivity contribution is 0.0966. The molecule has 0 saturated carbocycles. The molecule has 1 unspecified atom stereocenters. The minimum atomic E-state index is -0.241. The molecule has 2 aromatic heterocycles. The lowest BCUT2D eigenvalue weighted by Crippen LogP contribution is -2.46. The number of nitrogens with one attached hydrogen (secondary N) is 1. The van der Waals surface area contributed by atoms with Crippen molar-refractivity contribution < 1.29 is 9.84 Å². The van der Waals surface area contributed by atoms with E-state index in [9.17, 15) is 5.11 Å². The lowest BCUT2D eigenvalue weighted by Gasteiger charge is -2.29. The molecule has 0 bridgehead atoms. The number of aromatic nitrogens is 2. The molecule has 0 aliphatic rings. The molecular weight excluding hydrogens is 254 g/mol. The van der Waals surface area contributed by atoms with Crippen LogP contribution >= 0.6 is 0 Å². The fourth-order valence-corrected chi connectivity index (χ4v) is 2.45. The Morgan fingerprint density at radius 1 is 1.45 bits per heavy atom. The van der Waals surface area contributed by atoms with Crippen molar-refractivity contribution in [1.29, 1.82) is 0 Å². The van der Waals surface area contributed by atoms with E-state index in [0.717, 1.165) is 17.0 Å². The van der Waals surface area contributed by atoms with Crippen molar-refractivity contribution in [2.75, 3.05) is 20.3 Å². The summed E-state index contributed by atoms with van der Waals surface area (Å²) in [6.45, 7) is 5.47. The third-order valence-corrected chi connectivity index (χ3v) is 3.64. The Morgan fingerprint density at radius 2 is 2.25 bits per heavy atom. The number of imidazole rings is 1. The van der Waals surface area contributed by atoms with Crippen LogP contribution in [0.15, 0.2) is 24.4 Å². The summed E-state index contributed by atoms with van der Waals surface area (Å²) >= 11 is 0. The van der Waals surface area contributed by atoms with E-state index in [1.807, 2.05) is 31.3 Å². The summed E-state index contributed by atoms with van der Waals surface area (Å²) in [7, 11) is 1.68. The summed E-state index contributed by atoms with van der Waals surface area (Å²) in [5.41, 5.74) is 2.88. The Labute approximate surface area is 119 Å². The Morgan fingerprint density at radius 3 is 2.95 bits per heavy atom. The van der Waals surface area contributed by atoms with Crippen molar-refractivity contribution in [3.8, 4) is 0 Å². The summed E-state index contributed by atoms with van der Waals surface area (Å²) in [6.07, 6.45) is 2.67. The van der Waals surface area contributed by atoms with Gasteiger partial charge in [0, 0.05) is 32.0 Å². The van der Waals surface area contributed by atoms with Crippen LogP contribution in [0.2, 0.25) is 0 Å². The van der Waals surface area contributed by atoms with Crippen molar-refractivity contribution in [2.45, 2.75) is 32.4 Å². The maximum absolute atomic E-state index is 9.20. The summed E-state index contributed by atoms with van der Waals surface area (Å²) in [6, 6.07) is 5.98. The van der Waals surface area contributed by atoms with Gasteiger partial charge in [0.05, 0.1) is 18.0 Å². The average Bonchev–Trinajstić information content (AvgIpc) is 2.73. The van der Waals surface area contributed by atoms with Gasteiger partial charge >= 0.3 is 0 Å². The van der Waals surface area contributed by atoms with E-state index < -0.39 is 0 Å². The van der Waals surface area contributed by atoms with Crippen LogP contribution in [0.5, 0.6) is 0 Å². The van der Waals surface area contributed by atoms with Crippen LogP contribution in [0.25, 0.3) is 5.65 Å². The third kappa shape index (κ3) is 3.17. The molecule has 0 saturated heterocycles. The lowest BCUT2D eigenvalue weighted by atomic mass is 9.99. The highest BCUT2D eigenvalue weighted by Gasteiger charge is 2.23. The number of aliphatic hydroxyl groups excluding tert-OH is 1. The largest absolute Gasteiger partial charge is 0.396 e. The van der Waals surface area contributed by atoms with Crippen LogP contribution in [0.4, 0.5) is 0 Å². The SMILES string of the molecule is COCC(C)(CCO)NCc1c(C)nc2ccccn12. The van der Waals surface area contributed by atoms with Gasteiger partial charge < -0.3 is 19.6 Å². The van der Waals surface area contributed by atoms with Gasteiger partial charge in [-0.1, -0.05) is 6.07 Å². The van der Waals surface area contributed by atoms with Crippen LogP contribution in [-0.2, 0) is 11.3 Å². The standard InChI is InChI=1S/C15H23N3O2/c1-12-13(18-8-5-4-6-14(18)17-12)10-16-15(2,7-9-19)11-20-3/h4-6,8,16,19H,7,9-11H2,1-3H3. The van der Waals surface area contributed by atoms with Crippen molar-refractivity contribution in [1.82, 2.24) is 14.7 Å². The molecule has 0 aromatic carbocycles. The first-order chi connectivity index (χ1) is 9.59. The van der Waals surface area contributed by atoms with Gasteiger partial charge in [-0.15, -0.1) is 0 Å². The summed E-state index contributed by atoms with van der Waals surface area (Å²) in [5.74, 6) is 0. The Kier molecular flexibility index (Phi) is 4.75. The molecule has 5 heteroatoms. The molecular formula is C15H23N3O2. The first-order valence-corrected chi connectivity index (χ1v) is 6.87. The van der Waals surface area contributed by atoms with Crippen LogP contribution in [0, 0.1) is 6.92 Å². The molecule has 1 atom stereocenters.